The van der Waals surface area contributed by atoms with Crippen molar-refractivity contribution in [2.24, 2.45) is 5.92 Å². The van der Waals surface area contributed by atoms with E-state index in [1.165, 1.54) is 24.9 Å². The Morgan fingerprint density at radius 3 is 2.71 bits per heavy atom. The van der Waals surface area contributed by atoms with Crippen LogP contribution in [0.2, 0.25) is 0 Å². The first-order valence-electron chi connectivity index (χ1n) is 10.0. The number of carbonyl (C=O) groups is 1. The topological polar surface area (TPSA) is 50.8 Å². The van der Waals surface area contributed by atoms with Gasteiger partial charge in [-0.05, 0) is 55.1 Å². The Bertz CT molecular complexity index is 761. The fourth-order valence-corrected chi connectivity index (χ4v) is 3.58. The molecule has 1 N–H and O–H groups in total. The zero-order valence-corrected chi connectivity index (χ0v) is 16.8. The summed E-state index contributed by atoms with van der Waals surface area (Å²) in [5.74, 6) is 2.18. The summed E-state index contributed by atoms with van der Waals surface area (Å²) in [6.45, 7) is 6.46. The summed E-state index contributed by atoms with van der Waals surface area (Å²) in [6.07, 6.45) is 2.61. The first kappa shape index (κ1) is 20.2. The largest absolute Gasteiger partial charge is 0.497 e. The number of carbonyl (C=O) groups excluding carboxylic acids is 1. The van der Waals surface area contributed by atoms with Gasteiger partial charge >= 0.3 is 0 Å². The summed E-state index contributed by atoms with van der Waals surface area (Å²) >= 11 is 0. The molecule has 28 heavy (non-hydrogen) atoms. The minimum absolute atomic E-state index is 0.0765. The second-order valence-electron chi connectivity index (χ2n) is 7.46. The Morgan fingerprint density at radius 1 is 1.18 bits per heavy atom. The molecule has 1 heterocycles. The van der Waals surface area contributed by atoms with E-state index in [0.717, 1.165) is 30.5 Å². The van der Waals surface area contributed by atoms with E-state index in [2.05, 4.69) is 29.3 Å². The quantitative estimate of drug-likeness (QED) is 0.707. The zero-order chi connectivity index (χ0) is 19.8. The van der Waals surface area contributed by atoms with E-state index >= 15 is 0 Å². The number of nitrogens with one attached hydrogen (secondary N) is 1. The number of nitrogens with zero attached hydrogens (tertiary/aromatic N) is 1. The standard InChI is InChI=1S/C23H30N2O3/c1-18-5-4-13-25(16-18)17-19-8-10-20(11-9-19)23(26)24-12-14-28-22-7-3-6-21(15-22)27-2/h3,6-11,15,18H,4-5,12-14,16-17H2,1-2H3,(H,24,26). The normalized spacial score (nSPS) is 17.1. The van der Waals surface area contributed by atoms with Gasteiger partial charge in [-0.25, -0.2) is 0 Å². The van der Waals surface area contributed by atoms with Crippen molar-refractivity contribution in [1.29, 1.82) is 0 Å². The molecule has 0 spiro atoms. The van der Waals surface area contributed by atoms with Gasteiger partial charge in [0.25, 0.3) is 5.91 Å². The molecule has 1 unspecified atom stereocenters. The first-order chi connectivity index (χ1) is 13.6. The van der Waals surface area contributed by atoms with Crippen LogP contribution < -0.4 is 14.8 Å². The third-order valence-electron chi connectivity index (χ3n) is 5.06. The molecule has 0 aromatic heterocycles. The Hall–Kier alpha value is -2.53. The lowest BCUT2D eigenvalue weighted by Crippen LogP contribution is -2.33. The Kier molecular flexibility index (Phi) is 7.31. The van der Waals surface area contributed by atoms with Crippen LogP contribution in [-0.2, 0) is 6.54 Å². The van der Waals surface area contributed by atoms with Crippen LogP contribution in [0, 0.1) is 5.92 Å². The fraction of sp³-hybridized carbons (Fsp3) is 0.435. The Labute approximate surface area is 167 Å². The van der Waals surface area contributed by atoms with E-state index in [1.807, 2.05) is 36.4 Å². The highest BCUT2D eigenvalue weighted by Crippen LogP contribution is 2.19. The van der Waals surface area contributed by atoms with Crippen LogP contribution in [-0.4, -0.2) is 44.2 Å². The first-order valence-corrected chi connectivity index (χ1v) is 10.0. The average Bonchev–Trinajstić information content (AvgIpc) is 2.72. The number of amides is 1. The van der Waals surface area contributed by atoms with Crippen molar-refractivity contribution in [3.8, 4) is 11.5 Å². The van der Waals surface area contributed by atoms with Crippen LogP contribution in [0.5, 0.6) is 11.5 Å². The molecule has 1 saturated heterocycles. The summed E-state index contributed by atoms with van der Waals surface area (Å²) < 4.78 is 10.8. The van der Waals surface area contributed by atoms with Gasteiger partial charge in [-0.15, -0.1) is 0 Å². The molecular weight excluding hydrogens is 352 g/mol. The number of benzene rings is 2. The molecule has 0 bridgehead atoms. The zero-order valence-electron chi connectivity index (χ0n) is 16.8. The maximum atomic E-state index is 12.3. The van der Waals surface area contributed by atoms with Crippen LogP contribution in [0.15, 0.2) is 48.5 Å². The second-order valence-corrected chi connectivity index (χ2v) is 7.46. The molecule has 1 fully saturated rings. The molecule has 1 aliphatic rings. The van der Waals surface area contributed by atoms with Gasteiger partial charge in [-0.3, -0.25) is 9.69 Å². The van der Waals surface area contributed by atoms with Crippen molar-refractivity contribution >= 4 is 5.91 Å². The third kappa shape index (κ3) is 5.99. The summed E-state index contributed by atoms with van der Waals surface area (Å²) in [5, 5.41) is 2.90. The van der Waals surface area contributed by atoms with Crippen molar-refractivity contribution in [2.45, 2.75) is 26.3 Å². The van der Waals surface area contributed by atoms with E-state index < -0.39 is 0 Å². The molecule has 1 atom stereocenters. The molecule has 2 aromatic rings. The number of piperidine rings is 1. The van der Waals surface area contributed by atoms with Crippen molar-refractivity contribution in [1.82, 2.24) is 10.2 Å². The van der Waals surface area contributed by atoms with E-state index in [9.17, 15) is 4.79 Å². The summed E-state index contributed by atoms with van der Waals surface area (Å²) in [4.78, 5) is 14.8. The summed E-state index contributed by atoms with van der Waals surface area (Å²) in [7, 11) is 1.62. The Balaban J connectivity index is 1.41. The van der Waals surface area contributed by atoms with Crippen LogP contribution >= 0.6 is 0 Å². The van der Waals surface area contributed by atoms with Gasteiger partial charge in [0, 0.05) is 24.7 Å². The molecule has 5 nitrogen and oxygen atoms in total. The van der Waals surface area contributed by atoms with Gasteiger partial charge in [0.05, 0.1) is 13.7 Å². The van der Waals surface area contributed by atoms with Gasteiger partial charge in [0.15, 0.2) is 0 Å². The number of hydrogen-bond acceptors (Lipinski definition) is 4. The van der Waals surface area contributed by atoms with Gasteiger partial charge in [-0.2, -0.15) is 0 Å². The number of hydrogen-bond donors (Lipinski definition) is 1. The highest BCUT2D eigenvalue weighted by Gasteiger charge is 2.16. The molecule has 2 aromatic carbocycles. The average molecular weight is 383 g/mol. The van der Waals surface area contributed by atoms with Crippen LogP contribution in [0.25, 0.3) is 0 Å². The van der Waals surface area contributed by atoms with Crippen molar-refractivity contribution in [3.05, 3.63) is 59.7 Å². The van der Waals surface area contributed by atoms with Crippen LogP contribution in [0.3, 0.4) is 0 Å². The van der Waals surface area contributed by atoms with E-state index in [0.29, 0.717) is 18.7 Å². The predicted octanol–water partition coefficient (Wildman–Crippen LogP) is 3.74. The van der Waals surface area contributed by atoms with Crippen molar-refractivity contribution in [2.75, 3.05) is 33.4 Å². The summed E-state index contributed by atoms with van der Waals surface area (Å²) in [6, 6.07) is 15.3. The number of methoxy groups -OCH3 is 1. The van der Waals surface area contributed by atoms with Gasteiger partial charge < -0.3 is 14.8 Å². The monoisotopic (exact) mass is 382 g/mol. The van der Waals surface area contributed by atoms with Gasteiger partial charge in [0.1, 0.15) is 18.1 Å². The predicted molar refractivity (Wildman–Crippen MR) is 111 cm³/mol. The minimum Gasteiger partial charge on any atom is -0.497 e. The highest BCUT2D eigenvalue weighted by atomic mass is 16.5. The van der Waals surface area contributed by atoms with Crippen molar-refractivity contribution < 1.29 is 14.3 Å². The maximum absolute atomic E-state index is 12.3. The van der Waals surface area contributed by atoms with E-state index in [4.69, 9.17) is 9.47 Å². The third-order valence-corrected chi connectivity index (χ3v) is 5.06. The SMILES string of the molecule is COc1cccc(OCCNC(=O)c2ccc(CN3CCCC(C)C3)cc2)c1. The molecule has 1 aliphatic heterocycles. The van der Waals surface area contributed by atoms with E-state index in [-0.39, 0.29) is 5.91 Å². The number of likely N-dealkylation sites (tertiary alicyclic amines) is 1. The number of rotatable bonds is 8. The lowest BCUT2D eigenvalue weighted by Gasteiger charge is -2.30. The van der Waals surface area contributed by atoms with Gasteiger partial charge in [-0.1, -0.05) is 25.1 Å². The second kappa shape index (κ2) is 10.1. The van der Waals surface area contributed by atoms with Crippen LogP contribution in [0.1, 0.15) is 35.7 Å². The summed E-state index contributed by atoms with van der Waals surface area (Å²) in [5.41, 5.74) is 1.93. The molecule has 0 radical (unpaired) electrons. The molecule has 5 heteroatoms. The molecule has 0 saturated carbocycles. The fourth-order valence-electron chi connectivity index (χ4n) is 3.58. The maximum Gasteiger partial charge on any atom is 0.251 e. The minimum atomic E-state index is -0.0765. The molecule has 150 valence electrons. The lowest BCUT2D eigenvalue weighted by molar-refractivity contribution is 0.0947. The molecule has 0 aliphatic carbocycles. The van der Waals surface area contributed by atoms with Gasteiger partial charge in [0.2, 0.25) is 0 Å². The highest BCUT2D eigenvalue weighted by molar-refractivity contribution is 5.94. The number of ether oxygens (including phenoxy) is 2. The molecule has 1 amide bonds. The molecule has 3 rings (SSSR count). The van der Waals surface area contributed by atoms with Crippen molar-refractivity contribution in [3.63, 3.8) is 0 Å². The smallest absolute Gasteiger partial charge is 0.251 e. The lowest BCUT2D eigenvalue weighted by atomic mass is 9.99. The molecular formula is C23H30N2O3. The van der Waals surface area contributed by atoms with Crippen LogP contribution in [0.4, 0.5) is 0 Å². The Morgan fingerprint density at radius 2 is 1.96 bits per heavy atom. The van der Waals surface area contributed by atoms with E-state index in [1.54, 1.807) is 7.11 Å².